The topological polar surface area (TPSA) is 38.2 Å². The first-order valence-corrected chi connectivity index (χ1v) is 8.29. The summed E-state index contributed by atoms with van der Waals surface area (Å²) in [6.07, 6.45) is 3.12. The van der Waals surface area contributed by atoms with Gasteiger partial charge in [0.1, 0.15) is 5.75 Å². The van der Waals surface area contributed by atoms with Crippen molar-refractivity contribution >= 4 is 39.0 Å². The summed E-state index contributed by atoms with van der Waals surface area (Å²) in [7, 11) is 1.65. The molecule has 0 spiro atoms. The van der Waals surface area contributed by atoms with Gasteiger partial charge in [0.05, 0.1) is 28.2 Å². The van der Waals surface area contributed by atoms with E-state index in [2.05, 4.69) is 9.88 Å². The van der Waals surface area contributed by atoms with Crippen molar-refractivity contribution in [2.45, 2.75) is 6.42 Å². The van der Waals surface area contributed by atoms with Crippen LogP contribution >= 0.6 is 22.9 Å². The summed E-state index contributed by atoms with van der Waals surface area (Å²) in [5.41, 5.74) is 1.69. The van der Waals surface area contributed by atoms with Crippen LogP contribution in [0, 0.1) is 0 Å². The first-order chi connectivity index (χ1) is 10.7. The average molecular weight is 332 g/mol. The summed E-state index contributed by atoms with van der Waals surface area (Å²) in [4.78, 5) is 12.5. The Labute approximate surface area is 137 Å². The van der Waals surface area contributed by atoms with Crippen molar-refractivity contribution in [1.29, 1.82) is 0 Å². The van der Waals surface area contributed by atoms with Gasteiger partial charge in [-0.25, -0.2) is 9.97 Å². The maximum Gasteiger partial charge on any atom is 0.185 e. The summed E-state index contributed by atoms with van der Waals surface area (Å²) in [5.74, 6) is 0.777. The molecule has 1 aliphatic heterocycles. The number of anilines is 1. The predicted octanol–water partition coefficient (Wildman–Crippen LogP) is 4.23. The molecule has 3 heterocycles. The molecule has 0 N–H and O–H groups in total. The lowest BCUT2D eigenvalue weighted by Crippen LogP contribution is -2.36. The summed E-state index contributed by atoms with van der Waals surface area (Å²) < 4.78 is 5.27. The Balaban J connectivity index is 1.78. The fraction of sp³-hybridized carbons (Fsp3) is 0.250. The molecule has 22 heavy (non-hydrogen) atoms. The molecule has 112 valence electrons. The molecule has 0 saturated carbocycles. The zero-order chi connectivity index (χ0) is 15.1. The Hall–Kier alpha value is -1.85. The van der Waals surface area contributed by atoms with E-state index in [1.165, 1.54) is 6.42 Å². The first-order valence-electron chi connectivity index (χ1n) is 7.10. The molecule has 0 aliphatic carbocycles. The van der Waals surface area contributed by atoms with Gasteiger partial charge in [0, 0.05) is 30.7 Å². The maximum atomic E-state index is 6.41. The van der Waals surface area contributed by atoms with Crippen molar-refractivity contribution in [3.8, 4) is 16.3 Å². The van der Waals surface area contributed by atoms with E-state index in [1.54, 1.807) is 18.4 Å². The van der Waals surface area contributed by atoms with Crippen molar-refractivity contribution in [3.63, 3.8) is 0 Å². The van der Waals surface area contributed by atoms with E-state index in [0.29, 0.717) is 5.02 Å². The molecule has 0 atom stereocenters. The van der Waals surface area contributed by atoms with Gasteiger partial charge in [-0.15, -0.1) is 0 Å². The number of halogens is 1. The summed E-state index contributed by atoms with van der Waals surface area (Å²) in [6, 6.07) is 7.64. The third-order valence-electron chi connectivity index (χ3n) is 3.84. The SMILES string of the molecule is COc1ccc2c(Cl)cc(-c3cnc(N4CCC4)s3)nc2c1. The zero-order valence-corrected chi connectivity index (χ0v) is 13.6. The van der Waals surface area contributed by atoms with Gasteiger partial charge in [0.25, 0.3) is 0 Å². The van der Waals surface area contributed by atoms with Gasteiger partial charge in [-0.3, -0.25) is 0 Å². The second kappa shape index (κ2) is 5.41. The minimum absolute atomic E-state index is 0.696. The lowest BCUT2D eigenvalue weighted by Gasteiger charge is -2.30. The highest BCUT2D eigenvalue weighted by atomic mass is 35.5. The zero-order valence-electron chi connectivity index (χ0n) is 12.0. The van der Waals surface area contributed by atoms with Gasteiger partial charge in [-0.2, -0.15) is 0 Å². The Kier molecular flexibility index (Phi) is 3.39. The third-order valence-corrected chi connectivity index (χ3v) is 5.23. The number of benzene rings is 1. The van der Waals surface area contributed by atoms with E-state index >= 15 is 0 Å². The fourth-order valence-electron chi connectivity index (χ4n) is 2.46. The molecule has 0 radical (unpaired) electrons. The molecule has 4 rings (SSSR count). The van der Waals surface area contributed by atoms with Crippen LogP contribution in [0.4, 0.5) is 5.13 Å². The van der Waals surface area contributed by atoms with Crippen LogP contribution in [-0.2, 0) is 0 Å². The van der Waals surface area contributed by atoms with Gasteiger partial charge in [0.2, 0.25) is 0 Å². The fourth-order valence-corrected chi connectivity index (χ4v) is 3.65. The normalized spacial score (nSPS) is 14.2. The number of hydrogen-bond donors (Lipinski definition) is 0. The highest BCUT2D eigenvalue weighted by Crippen LogP contribution is 2.35. The number of hydrogen-bond acceptors (Lipinski definition) is 5. The number of aromatic nitrogens is 2. The molecule has 3 aromatic rings. The molecule has 1 saturated heterocycles. The standard InChI is InChI=1S/C16H14ClN3OS/c1-21-10-3-4-11-12(17)8-14(19-13(11)7-10)15-9-18-16(22-15)20-5-2-6-20/h3-4,7-9H,2,5-6H2,1H3. The number of ether oxygens (including phenoxy) is 1. The minimum Gasteiger partial charge on any atom is -0.497 e. The van der Waals surface area contributed by atoms with Crippen molar-refractivity contribution in [1.82, 2.24) is 9.97 Å². The van der Waals surface area contributed by atoms with Crippen molar-refractivity contribution in [2.75, 3.05) is 25.1 Å². The number of pyridine rings is 1. The lowest BCUT2D eigenvalue weighted by molar-refractivity contribution is 0.415. The first kappa shape index (κ1) is 13.8. The van der Waals surface area contributed by atoms with Crippen LogP contribution in [0.15, 0.2) is 30.5 Å². The Morgan fingerprint density at radius 3 is 2.86 bits per heavy atom. The predicted molar refractivity (Wildman–Crippen MR) is 91.2 cm³/mol. The molecule has 1 aromatic carbocycles. The van der Waals surface area contributed by atoms with E-state index in [9.17, 15) is 0 Å². The largest absolute Gasteiger partial charge is 0.497 e. The number of thiazole rings is 1. The summed E-state index contributed by atoms with van der Waals surface area (Å²) in [6.45, 7) is 2.19. The van der Waals surface area contributed by atoms with Gasteiger partial charge in [0.15, 0.2) is 5.13 Å². The number of fused-ring (bicyclic) bond motifs is 1. The second-order valence-corrected chi connectivity index (χ2v) is 6.64. The smallest absolute Gasteiger partial charge is 0.185 e. The van der Waals surface area contributed by atoms with Crippen LogP contribution in [0.1, 0.15) is 6.42 Å². The molecule has 4 nitrogen and oxygen atoms in total. The van der Waals surface area contributed by atoms with Crippen LogP contribution in [0.25, 0.3) is 21.5 Å². The Bertz CT molecular complexity index is 845. The van der Waals surface area contributed by atoms with Crippen LogP contribution < -0.4 is 9.64 Å². The molecular weight excluding hydrogens is 318 g/mol. The van der Waals surface area contributed by atoms with Crippen molar-refractivity contribution in [3.05, 3.63) is 35.5 Å². The molecule has 6 heteroatoms. The number of rotatable bonds is 3. The quantitative estimate of drug-likeness (QED) is 0.720. The van der Waals surface area contributed by atoms with E-state index in [4.69, 9.17) is 21.3 Å². The van der Waals surface area contributed by atoms with Gasteiger partial charge >= 0.3 is 0 Å². The maximum absolute atomic E-state index is 6.41. The molecule has 0 bridgehead atoms. The van der Waals surface area contributed by atoms with Crippen LogP contribution in [-0.4, -0.2) is 30.2 Å². The average Bonchev–Trinajstić information content (AvgIpc) is 2.94. The summed E-state index contributed by atoms with van der Waals surface area (Å²) in [5, 5.41) is 2.69. The van der Waals surface area contributed by atoms with Crippen LogP contribution in [0.2, 0.25) is 5.02 Å². The third kappa shape index (κ3) is 2.30. The molecular formula is C16H14ClN3OS. The van der Waals surface area contributed by atoms with E-state index < -0.39 is 0 Å². The van der Waals surface area contributed by atoms with Crippen molar-refractivity contribution < 1.29 is 4.74 Å². The molecule has 0 amide bonds. The molecule has 1 aliphatic rings. The lowest BCUT2D eigenvalue weighted by atomic mass is 10.2. The summed E-state index contributed by atoms with van der Waals surface area (Å²) >= 11 is 8.07. The van der Waals surface area contributed by atoms with Crippen molar-refractivity contribution in [2.24, 2.45) is 0 Å². The number of nitrogens with zero attached hydrogens (tertiary/aromatic N) is 3. The van der Waals surface area contributed by atoms with E-state index in [1.807, 2.05) is 30.5 Å². The molecule has 2 aromatic heterocycles. The highest BCUT2D eigenvalue weighted by Gasteiger charge is 2.18. The number of methoxy groups -OCH3 is 1. The van der Waals surface area contributed by atoms with Gasteiger partial charge < -0.3 is 9.64 Å². The second-order valence-electron chi connectivity index (χ2n) is 5.22. The minimum atomic E-state index is 0.696. The van der Waals surface area contributed by atoms with E-state index in [0.717, 1.165) is 45.4 Å². The Morgan fingerprint density at radius 2 is 2.14 bits per heavy atom. The molecule has 0 unspecified atom stereocenters. The molecule has 1 fully saturated rings. The monoisotopic (exact) mass is 331 g/mol. The van der Waals surface area contributed by atoms with Crippen LogP contribution in [0.3, 0.4) is 0 Å². The highest BCUT2D eigenvalue weighted by molar-refractivity contribution is 7.18. The van der Waals surface area contributed by atoms with E-state index in [-0.39, 0.29) is 0 Å². The Morgan fingerprint density at radius 1 is 1.27 bits per heavy atom. The van der Waals surface area contributed by atoms with Gasteiger partial charge in [-0.05, 0) is 24.6 Å². The van der Waals surface area contributed by atoms with Crippen LogP contribution in [0.5, 0.6) is 5.75 Å². The van der Waals surface area contributed by atoms with Gasteiger partial charge in [-0.1, -0.05) is 22.9 Å².